The lowest BCUT2D eigenvalue weighted by Crippen LogP contribution is -2.55. The summed E-state index contributed by atoms with van der Waals surface area (Å²) in [5.41, 5.74) is 0.128. The largest absolute Gasteiger partial charge is 0.467 e. The highest BCUT2D eigenvalue weighted by atomic mass is 16.5. The van der Waals surface area contributed by atoms with E-state index in [1.165, 1.54) is 7.11 Å². The molecule has 134 valence electrons. The average molecular weight is 352 g/mol. The monoisotopic (exact) mass is 352 g/mol. The summed E-state index contributed by atoms with van der Waals surface area (Å²) in [5.74, 6) is -1.27. The first-order valence-corrected chi connectivity index (χ1v) is 8.34. The summed E-state index contributed by atoms with van der Waals surface area (Å²) in [6.45, 7) is 0. The van der Waals surface area contributed by atoms with E-state index in [1.807, 2.05) is 36.4 Å². The van der Waals surface area contributed by atoms with Crippen molar-refractivity contribution in [3.8, 4) is 0 Å². The van der Waals surface area contributed by atoms with E-state index >= 15 is 0 Å². The molecule has 0 aromatic heterocycles. The Morgan fingerprint density at radius 3 is 2.35 bits per heavy atom. The van der Waals surface area contributed by atoms with E-state index < -0.39 is 17.6 Å². The van der Waals surface area contributed by atoms with Crippen LogP contribution >= 0.6 is 0 Å². The number of carbonyl (C=O) groups is 3. The summed E-state index contributed by atoms with van der Waals surface area (Å²) in [4.78, 5) is 37.4. The van der Waals surface area contributed by atoms with Crippen molar-refractivity contribution in [3.63, 3.8) is 0 Å². The molecule has 3 rings (SSSR count). The molecule has 2 amide bonds. The molecule has 2 aromatic rings. The van der Waals surface area contributed by atoms with Crippen LogP contribution in [0.1, 0.15) is 22.3 Å². The van der Waals surface area contributed by atoms with Gasteiger partial charge in [-0.1, -0.05) is 48.5 Å². The Morgan fingerprint density at radius 1 is 1.12 bits per heavy atom. The van der Waals surface area contributed by atoms with Crippen LogP contribution in [0.25, 0.3) is 0 Å². The number of hydrogen-bond donors (Lipinski definition) is 2. The summed E-state index contributed by atoms with van der Waals surface area (Å²) in [6.07, 6.45) is 0.414. The number of nitrogens with one attached hydrogen (secondary N) is 2. The van der Waals surface area contributed by atoms with Crippen LogP contribution in [-0.2, 0) is 20.7 Å². The summed E-state index contributed by atoms with van der Waals surface area (Å²) >= 11 is 0. The van der Waals surface area contributed by atoms with Gasteiger partial charge in [0.25, 0.3) is 5.91 Å². The molecule has 0 bridgehead atoms. The number of methoxy groups -OCH3 is 1. The molecule has 1 fully saturated rings. The average Bonchev–Trinajstić information content (AvgIpc) is 2.98. The third-order valence-corrected chi connectivity index (χ3v) is 4.52. The highest BCUT2D eigenvalue weighted by Gasteiger charge is 2.50. The van der Waals surface area contributed by atoms with Gasteiger partial charge in [-0.05, 0) is 17.7 Å². The maximum absolute atomic E-state index is 12.8. The number of esters is 1. The molecular formula is C20H20N2O4. The maximum atomic E-state index is 12.8. The van der Waals surface area contributed by atoms with Crippen LogP contribution < -0.4 is 10.6 Å². The lowest BCUT2D eigenvalue weighted by Gasteiger charge is -2.28. The molecule has 1 heterocycles. The van der Waals surface area contributed by atoms with E-state index in [-0.39, 0.29) is 24.7 Å². The number of hydrogen-bond acceptors (Lipinski definition) is 4. The van der Waals surface area contributed by atoms with Crippen molar-refractivity contribution in [2.24, 2.45) is 0 Å². The summed E-state index contributed by atoms with van der Waals surface area (Å²) in [7, 11) is 1.27. The number of carbonyl (C=O) groups excluding carboxylic acids is 3. The Bertz CT molecular complexity index is 807. The molecule has 0 unspecified atom stereocenters. The Morgan fingerprint density at radius 2 is 1.73 bits per heavy atom. The second-order valence-corrected chi connectivity index (χ2v) is 6.32. The number of amides is 2. The second kappa shape index (κ2) is 7.39. The van der Waals surface area contributed by atoms with E-state index in [1.54, 1.807) is 24.3 Å². The van der Waals surface area contributed by atoms with Crippen LogP contribution in [0.4, 0.5) is 0 Å². The lowest BCUT2D eigenvalue weighted by molar-refractivity contribution is -0.143. The van der Waals surface area contributed by atoms with Crippen molar-refractivity contribution in [3.05, 3.63) is 71.8 Å². The molecule has 0 radical (unpaired) electrons. The van der Waals surface area contributed by atoms with Gasteiger partial charge in [-0.3, -0.25) is 9.59 Å². The van der Waals surface area contributed by atoms with Crippen molar-refractivity contribution in [1.82, 2.24) is 10.6 Å². The van der Waals surface area contributed by atoms with E-state index in [0.29, 0.717) is 5.56 Å². The summed E-state index contributed by atoms with van der Waals surface area (Å²) < 4.78 is 4.75. The minimum atomic E-state index is -1.22. The van der Waals surface area contributed by atoms with Gasteiger partial charge in [-0.2, -0.15) is 0 Å². The number of ether oxygens (including phenoxy) is 1. The third kappa shape index (κ3) is 3.59. The fraction of sp³-hybridized carbons (Fsp3) is 0.250. The summed E-state index contributed by atoms with van der Waals surface area (Å²) in [5, 5.41) is 5.50. The van der Waals surface area contributed by atoms with Gasteiger partial charge in [-0.25, -0.2) is 4.79 Å². The Kier molecular flexibility index (Phi) is 5.02. The smallest absolute Gasteiger partial charge is 0.328 e. The van der Waals surface area contributed by atoms with E-state index in [9.17, 15) is 14.4 Å². The predicted octanol–water partition coefficient (Wildman–Crippen LogP) is 1.46. The van der Waals surface area contributed by atoms with Crippen molar-refractivity contribution < 1.29 is 19.1 Å². The van der Waals surface area contributed by atoms with Crippen LogP contribution in [-0.4, -0.2) is 36.5 Å². The number of benzene rings is 2. The van der Waals surface area contributed by atoms with E-state index in [4.69, 9.17) is 4.74 Å². The molecule has 0 saturated carbocycles. The number of rotatable bonds is 5. The van der Waals surface area contributed by atoms with Gasteiger partial charge < -0.3 is 15.4 Å². The molecule has 6 nitrogen and oxygen atoms in total. The Labute approximate surface area is 151 Å². The molecule has 26 heavy (non-hydrogen) atoms. The normalized spacial score (nSPS) is 21.7. The quantitative estimate of drug-likeness (QED) is 0.798. The van der Waals surface area contributed by atoms with Gasteiger partial charge in [0.2, 0.25) is 5.91 Å². The van der Waals surface area contributed by atoms with Gasteiger partial charge in [0, 0.05) is 18.4 Å². The zero-order chi connectivity index (χ0) is 18.6. The van der Waals surface area contributed by atoms with Gasteiger partial charge >= 0.3 is 5.97 Å². The minimum Gasteiger partial charge on any atom is -0.467 e. The first kappa shape index (κ1) is 17.7. The fourth-order valence-electron chi connectivity index (χ4n) is 3.20. The van der Waals surface area contributed by atoms with Gasteiger partial charge in [0.1, 0.15) is 11.6 Å². The molecule has 2 atom stereocenters. The molecule has 2 aromatic carbocycles. The third-order valence-electron chi connectivity index (χ3n) is 4.52. The van der Waals surface area contributed by atoms with Crippen molar-refractivity contribution in [2.45, 2.75) is 24.4 Å². The van der Waals surface area contributed by atoms with Gasteiger partial charge in [0.15, 0.2) is 0 Å². The first-order valence-electron chi connectivity index (χ1n) is 8.34. The molecular weight excluding hydrogens is 332 g/mol. The molecule has 1 aliphatic heterocycles. The maximum Gasteiger partial charge on any atom is 0.328 e. The second-order valence-electron chi connectivity index (χ2n) is 6.32. The highest BCUT2D eigenvalue weighted by molar-refractivity contribution is 6.02. The van der Waals surface area contributed by atoms with Crippen LogP contribution in [0.3, 0.4) is 0 Å². The zero-order valence-electron chi connectivity index (χ0n) is 14.4. The standard InChI is InChI=1S/C20H20N2O4/c1-26-18(24)16-13-20(19(25)21-16,12-14-8-4-2-5-9-14)22-17(23)15-10-6-3-7-11-15/h2-11,16H,12-13H2,1H3,(H,21,25)(H,22,23)/t16-,20+/m1/s1. The molecule has 0 spiro atoms. The Balaban J connectivity index is 1.90. The van der Waals surface area contributed by atoms with Crippen LogP contribution in [0.15, 0.2) is 60.7 Å². The van der Waals surface area contributed by atoms with E-state index in [0.717, 1.165) is 5.56 Å². The van der Waals surface area contributed by atoms with Gasteiger partial charge in [-0.15, -0.1) is 0 Å². The predicted molar refractivity (Wildman–Crippen MR) is 95.3 cm³/mol. The highest BCUT2D eigenvalue weighted by Crippen LogP contribution is 2.27. The lowest BCUT2D eigenvalue weighted by atomic mass is 9.87. The fourth-order valence-corrected chi connectivity index (χ4v) is 3.20. The van der Waals surface area contributed by atoms with Crippen molar-refractivity contribution in [1.29, 1.82) is 0 Å². The first-order chi connectivity index (χ1) is 12.5. The Hall–Kier alpha value is -3.15. The molecule has 1 aliphatic rings. The van der Waals surface area contributed by atoms with Crippen molar-refractivity contribution >= 4 is 17.8 Å². The van der Waals surface area contributed by atoms with Crippen LogP contribution in [0, 0.1) is 0 Å². The van der Waals surface area contributed by atoms with Gasteiger partial charge in [0.05, 0.1) is 7.11 Å². The molecule has 1 saturated heterocycles. The van der Waals surface area contributed by atoms with E-state index in [2.05, 4.69) is 10.6 Å². The molecule has 0 aliphatic carbocycles. The molecule has 2 N–H and O–H groups in total. The topological polar surface area (TPSA) is 84.5 Å². The summed E-state index contributed by atoms with van der Waals surface area (Å²) in [6, 6.07) is 17.3. The minimum absolute atomic E-state index is 0.131. The van der Waals surface area contributed by atoms with Crippen LogP contribution in [0.5, 0.6) is 0 Å². The van der Waals surface area contributed by atoms with Crippen molar-refractivity contribution in [2.75, 3.05) is 7.11 Å². The SMILES string of the molecule is COC(=O)[C@H]1C[C@](Cc2ccccc2)(NC(=O)c2ccccc2)C(=O)N1. The zero-order valence-corrected chi connectivity index (χ0v) is 14.4. The van der Waals surface area contributed by atoms with Crippen LogP contribution in [0.2, 0.25) is 0 Å². The molecule has 6 heteroatoms.